The number of rotatable bonds is 4. The van der Waals surface area contributed by atoms with Gasteiger partial charge in [0.15, 0.2) is 0 Å². The summed E-state index contributed by atoms with van der Waals surface area (Å²) < 4.78 is 6.89. The summed E-state index contributed by atoms with van der Waals surface area (Å²) in [5.41, 5.74) is 16.4. The fraction of sp³-hybridized carbons (Fsp3) is 0.0577. The van der Waals surface area contributed by atoms with Crippen LogP contribution in [0.25, 0.3) is 66.7 Å². The Balaban J connectivity index is 1.08. The predicted octanol–water partition coefficient (Wildman–Crippen LogP) is 12.8. The fourth-order valence-electron chi connectivity index (χ4n) is 9.19. The van der Waals surface area contributed by atoms with Crippen LogP contribution >= 0.6 is 0 Å². The normalized spacial score (nSPS) is 14.8. The molecule has 0 saturated heterocycles. The van der Waals surface area contributed by atoms with Crippen molar-refractivity contribution in [1.82, 2.24) is 15.0 Å². The van der Waals surface area contributed by atoms with Crippen molar-refractivity contribution in [3.63, 3.8) is 0 Å². The number of nitrogens with zero attached hydrogens (tertiary/aromatic N) is 3. The van der Waals surface area contributed by atoms with E-state index in [-0.39, 0.29) is 0 Å². The topological polar surface area (TPSA) is 47.9 Å². The van der Waals surface area contributed by atoms with Gasteiger partial charge in [0.25, 0.3) is 0 Å². The number of fused-ring (bicyclic) bond motifs is 10. The van der Waals surface area contributed by atoms with E-state index in [2.05, 4.69) is 176 Å². The summed E-state index contributed by atoms with van der Waals surface area (Å²) in [6.45, 7) is 4.08. The summed E-state index contributed by atoms with van der Waals surface area (Å²) in [6.07, 6.45) is 3.78. The third-order valence-electron chi connectivity index (χ3n) is 11.7. The number of pyridine rings is 1. The molecule has 3 heterocycles. The number of benzene rings is 7. The summed E-state index contributed by atoms with van der Waals surface area (Å²) in [5.74, 6) is 2.41. The van der Waals surface area contributed by atoms with Crippen LogP contribution in [0.1, 0.15) is 33.6 Å². The summed E-state index contributed by atoms with van der Waals surface area (Å²) in [7, 11) is 0. The van der Waals surface area contributed by atoms with Gasteiger partial charge >= 0.3 is 0 Å². The standard InChI is InChI=1S/C52H35N3O/c1-32-31-53-27-26-39(32)36-20-18-34(19-21-36)37-22-24-42-41-13-5-6-15-44(41)52(47(42)28-37)45-16-7-8-17-50(45)56-51-29-38(23-25-46(51)52)48-30-49(55-33(2)54-48)43-14-9-11-35-10-3-4-12-40(35)43/h3-31H,1-2H3. The van der Waals surface area contributed by atoms with Crippen LogP contribution in [-0.2, 0) is 5.41 Å². The molecular formula is C52H35N3O. The van der Waals surface area contributed by atoms with E-state index in [9.17, 15) is 0 Å². The van der Waals surface area contributed by atoms with Crippen molar-refractivity contribution in [3.05, 3.63) is 210 Å². The van der Waals surface area contributed by atoms with Crippen LogP contribution in [-0.4, -0.2) is 15.0 Å². The van der Waals surface area contributed by atoms with Crippen molar-refractivity contribution in [1.29, 1.82) is 0 Å². The molecule has 0 radical (unpaired) electrons. The first kappa shape index (κ1) is 32.3. The number of ether oxygens (including phenoxy) is 1. The van der Waals surface area contributed by atoms with Crippen molar-refractivity contribution < 1.29 is 4.74 Å². The van der Waals surface area contributed by atoms with Crippen LogP contribution in [0, 0.1) is 13.8 Å². The van der Waals surface area contributed by atoms with Gasteiger partial charge in [-0.3, -0.25) is 4.98 Å². The lowest BCUT2D eigenvalue weighted by atomic mass is 9.65. The molecule has 1 unspecified atom stereocenters. The van der Waals surface area contributed by atoms with E-state index in [4.69, 9.17) is 14.7 Å². The maximum Gasteiger partial charge on any atom is 0.132 e. The molecule has 0 amide bonds. The molecule has 0 fully saturated rings. The highest BCUT2D eigenvalue weighted by atomic mass is 16.5. The van der Waals surface area contributed by atoms with Crippen molar-refractivity contribution in [2.45, 2.75) is 19.3 Å². The number of para-hydroxylation sites is 1. The summed E-state index contributed by atoms with van der Waals surface area (Å²) in [4.78, 5) is 14.2. The van der Waals surface area contributed by atoms with Crippen LogP contribution in [0.5, 0.6) is 11.5 Å². The Kier molecular flexibility index (Phi) is 7.17. The number of aromatic nitrogens is 3. The average molecular weight is 718 g/mol. The first-order valence-corrected chi connectivity index (χ1v) is 19.1. The van der Waals surface area contributed by atoms with E-state index < -0.39 is 5.41 Å². The smallest absolute Gasteiger partial charge is 0.132 e. The van der Waals surface area contributed by atoms with Gasteiger partial charge in [0, 0.05) is 34.6 Å². The quantitative estimate of drug-likeness (QED) is 0.182. The average Bonchev–Trinajstić information content (AvgIpc) is 3.53. The zero-order valence-electron chi connectivity index (χ0n) is 31.0. The molecule has 1 spiro atoms. The molecule has 4 heteroatoms. The van der Waals surface area contributed by atoms with E-state index >= 15 is 0 Å². The summed E-state index contributed by atoms with van der Waals surface area (Å²) >= 11 is 0. The molecule has 56 heavy (non-hydrogen) atoms. The first-order chi connectivity index (χ1) is 27.6. The predicted molar refractivity (Wildman–Crippen MR) is 226 cm³/mol. The second-order valence-corrected chi connectivity index (χ2v) is 14.8. The minimum atomic E-state index is -0.589. The Hall–Kier alpha value is -7.17. The Bertz CT molecular complexity index is 3030. The van der Waals surface area contributed by atoms with E-state index in [1.165, 1.54) is 55.3 Å². The van der Waals surface area contributed by atoms with E-state index in [1.807, 2.05) is 19.3 Å². The molecule has 264 valence electrons. The first-order valence-electron chi connectivity index (χ1n) is 19.1. The molecule has 0 N–H and O–H groups in total. The molecule has 9 aromatic rings. The molecule has 11 rings (SSSR count). The zero-order chi connectivity index (χ0) is 37.4. The Morgan fingerprint density at radius 3 is 2.02 bits per heavy atom. The highest BCUT2D eigenvalue weighted by Crippen LogP contribution is 2.62. The largest absolute Gasteiger partial charge is 0.457 e. The molecule has 1 aliphatic heterocycles. The Morgan fingerprint density at radius 2 is 1.12 bits per heavy atom. The van der Waals surface area contributed by atoms with E-state index in [0.717, 1.165) is 56.5 Å². The SMILES string of the molecule is Cc1nc(-c2ccc3c(c2)Oc2ccccc2C32c3ccccc3-c3ccc(-c4ccc(-c5ccncc5C)cc4)cc32)cc(-c2cccc3ccccc23)n1. The molecular weight excluding hydrogens is 683 g/mol. The van der Waals surface area contributed by atoms with Gasteiger partial charge in [-0.25, -0.2) is 9.97 Å². The highest BCUT2D eigenvalue weighted by Gasteiger charge is 2.51. The third kappa shape index (κ3) is 4.82. The second-order valence-electron chi connectivity index (χ2n) is 14.8. The molecule has 1 aliphatic carbocycles. The van der Waals surface area contributed by atoms with Crippen molar-refractivity contribution in [2.75, 3.05) is 0 Å². The van der Waals surface area contributed by atoms with Gasteiger partial charge in [0.1, 0.15) is 17.3 Å². The van der Waals surface area contributed by atoms with Gasteiger partial charge < -0.3 is 4.74 Å². The molecule has 7 aromatic carbocycles. The monoisotopic (exact) mass is 717 g/mol. The van der Waals surface area contributed by atoms with Crippen LogP contribution in [0.2, 0.25) is 0 Å². The lowest BCUT2D eigenvalue weighted by Crippen LogP contribution is -2.32. The fourth-order valence-corrected chi connectivity index (χ4v) is 9.19. The lowest BCUT2D eigenvalue weighted by molar-refractivity contribution is 0.436. The van der Waals surface area contributed by atoms with Crippen LogP contribution in [0.4, 0.5) is 0 Å². The lowest BCUT2D eigenvalue weighted by Gasteiger charge is -2.39. The van der Waals surface area contributed by atoms with E-state index in [0.29, 0.717) is 0 Å². The van der Waals surface area contributed by atoms with Crippen molar-refractivity contribution in [3.8, 4) is 67.4 Å². The van der Waals surface area contributed by atoms with Crippen LogP contribution < -0.4 is 4.74 Å². The Morgan fingerprint density at radius 1 is 0.446 bits per heavy atom. The van der Waals surface area contributed by atoms with Gasteiger partial charge in [-0.2, -0.15) is 0 Å². The zero-order valence-corrected chi connectivity index (χ0v) is 31.0. The summed E-state index contributed by atoms with van der Waals surface area (Å²) in [6, 6.07) is 59.0. The van der Waals surface area contributed by atoms with E-state index in [1.54, 1.807) is 0 Å². The van der Waals surface area contributed by atoms with Gasteiger partial charge in [-0.05, 0) is 105 Å². The third-order valence-corrected chi connectivity index (χ3v) is 11.7. The van der Waals surface area contributed by atoms with Crippen molar-refractivity contribution in [2.24, 2.45) is 0 Å². The maximum atomic E-state index is 6.89. The number of hydrogen-bond acceptors (Lipinski definition) is 4. The minimum absolute atomic E-state index is 0.589. The van der Waals surface area contributed by atoms with Gasteiger partial charge in [0.05, 0.1) is 16.8 Å². The second kappa shape index (κ2) is 12.4. The molecule has 2 aliphatic rings. The molecule has 1 atom stereocenters. The highest BCUT2D eigenvalue weighted by molar-refractivity contribution is 5.96. The molecule has 2 aromatic heterocycles. The van der Waals surface area contributed by atoms with Gasteiger partial charge in [-0.15, -0.1) is 0 Å². The number of hydrogen-bond donors (Lipinski definition) is 0. The summed E-state index contributed by atoms with van der Waals surface area (Å²) in [5, 5.41) is 2.36. The van der Waals surface area contributed by atoms with Crippen LogP contribution in [0.15, 0.2) is 176 Å². The van der Waals surface area contributed by atoms with Crippen LogP contribution in [0.3, 0.4) is 0 Å². The molecule has 0 bridgehead atoms. The van der Waals surface area contributed by atoms with Gasteiger partial charge in [0.2, 0.25) is 0 Å². The maximum absolute atomic E-state index is 6.89. The van der Waals surface area contributed by atoms with Gasteiger partial charge in [-0.1, -0.05) is 133 Å². The minimum Gasteiger partial charge on any atom is -0.457 e. The van der Waals surface area contributed by atoms with Crippen molar-refractivity contribution >= 4 is 10.8 Å². The molecule has 4 nitrogen and oxygen atoms in total. The Labute approximate surface area is 325 Å². The number of aryl methyl sites for hydroxylation is 2. The molecule has 0 saturated carbocycles.